The van der Waals surface area contributed by atoms with Crippen LogP contribution >= 0.6 is 24.8 Å². The molecule has 1 amide bonds. The summed E-state index contributed by atoms with van der Waals surface area (Å²) in [5, 5.41) is 16.1. The summed E-state index contributed by atoms with van der Waals surface area (Å²) in [6.45, 7) is 5.66. The van der Waals surface area contributed by atoms with Crippen molar-refractivity contribution in [1.29, 1.82) is 0 Å². The molecular weight excluding hydrogens is 339 g/mol. The van der Waals surface area contributed by atoms with E-state index in [9.17, 15) is 9.90 Å². The van der Waals surface area contributed by atoms with Crippen LogP contribution < -0.4 is 10.6 Å². The van der Waals surface area contributed by atoms with Crippen LogP contribution in [0.3, 0.4) is 0 Å². The highest BCUT2D eigenvalue weighted by molar-refractivity contribution is 5.85. The lowest BCUT2D eigenvalue weighted by Crippen LogP contribution is -2.47. The molecule has 0 radical (unpaired) electrons. The van der Waals surface area contributed by atoms with E-state index in [0.717, 1.165) is 39.0 Å². The van der Waals surface area contributed by atoms with Gasteiger partial charge in [-0.05, 0) is 58.9 Å². The van der Waals surface area contributed by atoms with Gasteiger partial charge in [-0.1, -0.05) is 0 Å². The summed E-state index contributed by atoms with van der Waals surface area (Å²) in [5.41, 5.74) is 0. The molecule has 0 aromatic carbocycles. The van der Waals surface area contributed by atoms with E-state index in [-0.39, 0.29) is 30.7 Å². The topological polar surface area (TPSA) is 67.8 Å². The summed E-state index contributed by atoms with van der Waals surface area (Å²) < 4.78 is 0. The summed E-state index contributed by atoms with van der Waals surface area (Å²) >= 11 is 0. The predicted octanol–water partition coefficient (Wildman–Crippen LogP) is 0.0867. The Labute approximate surface area is 152 Å². The van der Waals surface area contributed by atoms with Crippen molar-refractivity contribution in [1.82, 2.24) is 20.4 Å². The molecule has 0 aromatic rings. The molecule has 6 nitrogen and oxygen atoms in total. The van der Waals surface area contributed by atoms with E-state index >= 15 is 0 Å². The van der Waals surface area contributed by atoms with E-state index in [0.29, 0.717) is 25.7 Å². The number of amides is 1. The van der Waals surface area contributed by atoms with E-state index in [1.165, 1.54) is 12.8 Å². The number of hydrogen-bond donors (Lipinski definition) is 3. The lowest BCUT2D eigenvalue weighted by Gasteiger charge is -2.31. The normalized spacial score (nSPS) is 20.7. The zero-order chi connectivity index (χ0) is 15.1. The van der Waals surface area contributed by atoms with Crippen molar-refractivity contribution in [2.24, 2.45) is 0 Å². The monoisotopic (exact) mass is 370 g/mol. The predicted molar refractivity (Wildman–Crippen MR) is 97.7 cm³/mol. The third kappa shape index (κ3) is 8.52. The first kappa shape index (κ1) is 22.9. The first-order valence-electron chi connectivity index (χ1n) is 8.23. The van der Waals surface area contributed by atoms with Crippen molar-refractivity contribution in [3.05, 3.63) is 0 Å². The molecule has 2 rings (SSSR count). The maximum atomic E-state index is 11.9. The number of carbonyl (C=O) groups is 1. The van der Waals surface area contributed by atoms with Crippen LogP contribution in [0.15, 0.2) is 0 Å². The Morgan fingerprint density at radius 1 is 1.30 bits per heavy atom. The number of halogens is 2. The molecule has 23 heavy (non-hydrogen) atoms. The van der Waals surface area contributed by atoms with Crippen molar-refractivity contribution >= 4 is 30.7 Å². The number of rotatable bonds is 7. The summed E-state index contributed by atoms with van der Waals surface area (Å²) in [4.78, 5) is 16.3. The minimum absolute atomic E-state index is 0. The Balaban J connectivity index is 0.00000242. The van der Waals surface area contributed by atoms with Crippen molar-refractivity contribution in [2.45, 2.75) is 37.8 Å². The second-order valence-corrected chi connectivity index (χ2v) is 6.36. The fourth-order valence-electron chi connectivity index (χ4n) is 3.22. The molecule has 138 valence electrons. The molecule has 0 saturated carbocycles. The zero-order valence-electron chi connectivity index (χ0n) is 14.0. The molecule has 1 atom stereocenters. The quantitative estimate of drug-likeness (QED) is 0.592. The molecule has 8 heteroatoms. The van der Waals surface area contributed by atoms with Gasteiger partial charge in [0.05, 0.1) is 12.6 Å². The molecule has 3 N–H and O–H groups in total. The number of piperidine rings is 1. The molecule has 2 fully saturated rings. The largest absolute Gasteiger partial charge is 0.390 e. The molecule has 2 aliphatic heterocycles. The Hall–Kier alpha value is -0.110. The van der Waals surface area contributed by atoms with Crippen LogP contribution in [0.5, 0.6) is 0 Å². The van der Waals surface area contributed by atoms with Gasteiger partial charge in [-0.15, -0.1) is 24.8 Å². The van der Waals surface area contributed by atoms with E-state index < -0.39 is 6.10 Å². The number of nitrogens with one attached hydrogen (secondary N) is 2. The van der Waals surface area contributed by atoms with Crippen LogP contribution in [0, 0.1) is 0 Å². The standard InChI is InChI=1S/C15H30N4O2.2ClH/c1-18(13-4-6-16-7-5-13)12-15(21)17-10-14(20)11-19-8-2-3-9-19;;/h13-14,16,20H,2-12H2,1H3,(H,17,21);2*1H. The highest BCUT2D eigenvalue weighted by Crippen LogP contribution is 2.09. The van der Waals surface area contributed by atoms with Gasteiger partial charge in [0.2, 0.25) is 5.91 Å². The minimum Gasteiger partial charge on any atom is -0.390 e. The van der Waals surface area contributed by atoms with E-state index in [1.807, 2.05) is 7.05 Å². The number of likely N-dealkylation sites (N-methyl/N-ethyl adjacent to an activating group) is 1. The van der Waals surface area contributed by atoms with Gasteiger partial charge in [-0.3, -0.25) is 9.69 Å². The van der Waals surface area contributed by atoms with Crippen molar-refractivity contribution in [2.75, 3.05) is 52.9 Å². The second-order valence-electron chi connectivity index (χ2n) is 6.36. The molecule has 0 bridgehead atoms. The lowest BCUT2D eigenvalue weighted by atomic mass is 10.1. The van der Waals surface area contributed by atoms with Gasteiger partial charge in [-0.25, -0.2) is 0 Å². The minimum atomic E-state index is -0.462. The lowest BCUT2D eigenvalue weighted by molar-refractivity contribution is -0.123. The Morgan fingerprint density at radius 2 is 1.91 bits per heavy atom. The molecule has 2 heterocycles. The number of aliphatic hydroxyl groups excluding tert-OH is 1. The van der Waals surface area contributed by atoms with Gasteiger partial charge in [0.25, 0.3) is 0 Å². The summed E-state index contributed by atoms with van der Waals surface area (Å²) in [5.74, 6) is 0.0107. The van der Waals surface area contributed by atoms with Gasteiger partial charge >= 0.3 is 0 Å². The fraction of sp³-hybridized carbons (Fsp3) is 0.933. The van der Waals surface area contributed by atoms with Gasteiger partial charge in [-0.2, -0.15) is 0 Å². The summed E-state index contributed by atoms with van der Waals surface area (Å²) in [7, 11) is 2.01. The number of aliphatic hydroxyl groups is 1. The first-order valence-corrected chi connectivity index (χ1v) is 8.23. The van der Waals surface area contributed by atoms with Crippen LogP contribution in [0.4, 0.5) is 0 Å². The van der Waals surface area contributed by atoms with Crippen molar-refractivity contribution in [3.63, 3.8) is 0 Å². The maximum absolute atomic E-state index is 11.9. The third-order valence-electron chi connectivity index (χ3n) is 4.53. The average molecular weight is 371 g/mol. The molecule has 0 spiro atoms. The molecule has 2 aliphatic rings. The van der Waals surface area contributed by atoms with Crippen LogP contribution in [0.2, 0.25) is 0 Å². The third-order valence-corrected chi connectivity index (χ3v) is 4.53. The van der Waals surface area contributed by atoms with Crippen molar-refractivity contribution in [3.8, 4) is 0 Å². The molecule has 0 aromatic heterocycles. The molecular formula is C15H32Cl2N4O2. The number of carbonyl (C=O) groups excluding carboxylic acids is 1. The zero-order valence-corrected chi connectivity index (χ0v) is 15.6. The number of hydrogen-bond acceptors (Lipinski definition) is 5. The van der Waals surface area contributed by atoms with Crippen molar-refractivity contribution < 1.29 is 9.90 Å². The summed E-state index contributed by atoms with van der Waals surface area (Å²) in [6, 6.07) is 0.492. The summed E-state index contributed by atoms with van der Waals surface area (Å²) in [6.07, 6.45) is 4.18. The van der Waals surface area contributed by atoms with Gasteiger partial charge in [0.15, 0.2) is 0 Å². The Kier molecular flexibility index (Phi) is 12.2. The van der Waals surface area contributed by atoms with Crippen LogP contribution in [-0.4, -0.2) is 85.8 Å². The van der Waals surface area contributed by atoms with Crippen LogP contribution in [-0.2, 0) is 4.79 Å². The number of likely N-dealkylation sites (tertiary alicyclic amines) is 1. The van der Waals surface area contributed by atoms with E-state index in [2.05, 4.69) is 20.4 Å². The van der Waals surface area contributed by atoms with Gasteiger partial charge < -0.3 is 20.6 Å². The highest BCUT2D eigenvalue weighted by atomic mass is 35.5. The van der Waals surface area contributed by atoms with Crippen LogP contribution in [0.25, 0.3) is 0 Å². The fourth-order valence-corrected chi connectivity index (χ4v) is 3.22. The Bertz CT molecular complexity index is 325. The number of β-amino-alcohol motifs (C(OH)–C–C–N with tert-alkyl or cyclic N) is 1. The smallest absolute Gasteiger partial charge is 0.234 e. The SMILES string of the molecule is CN(CC(=O)NCC(O)CN1CCCC1)C1CCNCC1.Cl.Cl. The Morgan fingerprint density at radius 3 is 2.52 bits per heavy atom. The second kappa shape index (κ2) is 12.3. The van der Waals surface area contributed by atoms with Gasteiger partial charge in [0, 0.05) is 19.1 Å². The highest BCUT2D eigenvalue weighted by Gasteiger charge is 2.20. The van der Waals surface area contributed by atoms with E-state index in [1.54, 1.807) is 0 Å². The first-order chi connectivity index (χ1) is 10.1. The molecule has 2 saturated heterocycles. The van der Waals surface area contributed by atoms with Crippen LogP contribution in [0.1, 0.15) is 25.7 Å². The molecule has 1 unspecified atom stereocenters. The average Bonchev–Trinajstić information content (AvgIpc) is 2.99. The van der Waals surface area contributed by atoms with E-state index in [4.69, 9.17) is 0 Å². The van der Waals surface area contributed by atoms with Gasteiger partial charge in [0.1, 0.15) is 0 Å². The molecule has 0 aliphatic carbocycles. The number of nitrogens with zero attached hydrogens (tertiary/aromatic N) is 2. The maximum Gasteiger partial charge on any atom is 0.234 e.